The summed E-state index contributed by atoms with van der Waals surface area (Å²) in [7, 11) is -5.87. The predicted octanol–water partition coefficient (Wildman–Crippen LogP) is 5.41. The molecular formula is C22H22F5NSi2. The van der Waals surface area contributed by atoms with E-state index in [0.29, 0.717) is 0 Å². The second-order valence-corrected chi connectivity index (χ2v) is 16.8. The Kier molecular flexibility index (Phi) is 5.93. The summed E-state index contributed by atoms with van der Waals surface area (Å²) in [6, 6.07) is 18.2. The molecule has 0 heterocycles. The van der Waals surface area contributed by atoms with Crippen molar-refractivity contribution in [3.63, 3.8) is 0 Å². The first-order valence-electron chi connectivity index (χ1n) is 9.44. The van der Waals surface area contributed by atoms with Gasteiger partial charge in [0.2, 0.25) is 5.82 Å². The van der Waals surface area contributed by atoms with Crippen molar-refractivity contribution in [2.24, 2.45) is 0 Å². The zero-order valence-corrected chi connectivity index (χ0v) is 19.1. The Labute approximate surface area is 175 Å². The third-order valence-electron chi connectivity index (χ3n) is 5.49. The second-order valence-electron chi connectivity index (χ2n) is 8.10. The van der Waals surface area contributed by atoms with Crippen LogP contribution in [0.5, 0.6) is 0 Å². The van der Waals surface area contributed by atoms with Crippen LogP contribution in [-0.4, -0.2) is 16.5 Å². The lowest BCUT2D eigenvalue weighted by Gasteiger charge is -2.49. The van der Waals surface area contributed by atoms with Crippen LogP contribution >= 0.6 is 0 Å². The standard InChI is InChI=1S/C22H22F5NSi2/c1-29(2,15-11-7-5-8-12-15)28(30(3,4)16-13-9-6-10-14-16)22-20(26)18(24)17(23)19(25)21(22)27/h5-14H,1-4H3. The van der Waals surface area contributed by atoms with Gasteiger partial charge in [0.1, 0.15) is 5.69 Å². The van der Waals surface area contributed by atoms with E-state index >= 15 is 8.78 Å². The van der Waals surface area contributed by atoms with Crippen molar-refractivity contribution < 1.29 is 22.0 Å². The molecule has 1 nitrogen and oxygen atoms in total. The van der Waals surface area contributed by atoms with Gasteiger partial charge >= 0.3 is 0 Å². The molecule has 0 spiro atoms. The van der Waals surface area contributed by atoms with Crippen molar-refractivity contribution in [2.45, 2.75) is 26.2 Å². The van der Waals surface area contributed by atoms with Crippen molar-refractivity contribution in [3.05, 3.63) is 89.7 Å². The molecule has 0 aliphatic carbocycles. The fraction of sp³-hybridized carbons (Fsp3) is 0.182. The highest BCUT2D eigenvalue weighted by Crippen LogP contribution is 2.36. The largest absolute Gasteiger partial charge is 0.412 e. The van der Waals surface area contributed by atoms with Gasteiger partial charge in [-0.1, -0.05) is 60.7 Å². The Hall–Kier alpha value is -2.46. The Bertz CT molecular complexity index is 976. The lowest BCUT2D eigenvalue weighted by molar-refractivity contribution is 0.381. The molecule has 0 aliphatic heterocycles. The van der Waals surface area contributed by atoms with E-state index in [4.69, 9.17) is 0 Å². The predicted molar refractivity (Wildman–Crippen MR) is 116 cm³/mol. The molecule has 0 saturated heterocycles. The van der Waals surface area contributed by atoms with E-state index in [2.05, 4.69) is 0 Å². The van der Waals surface area contributed by atoms with Crippen LogP contribution in [0, 0.1) is 29.1 Å². The summed E-state index contributed by atoms with van der Waals surface area (Å²) < 4.78 is 73.7. The van der Waals surface area contributed by atoms with Crippen LogP contribution in [0.4, 0.5) is 27.6 Å². The molecule has 30 heavy (non-hydrogen) atoms. The molecular weight excluding hydrogens is 429 g/mol. The molecule has 0 unspecified atom stereocenters. The van der Waals surface area contributed by atoms with Gasteiger partial charge in [-0.2, -0.15) is 0 Å². The second kappa shape index (κ2) is 7.99. The molecule has 3 aromatic carbocycles. The van der Waals surface area contributed by atoms with E-state index in [1.165, 1.54) is 0 Å². The number of nitrogens with zero attached hydrogens (tertiary/aromatic N) is 1. The van der Waals surface area contributed by atoms with Crippen molar-refractivity contribution in [1.29, 1.82) is 0 Å². The Morgan fingerprint density at radius 1 is 0.500 bits per heavy atom. The van der Waals surface area contributed by atoms with Crippen molar-refractivity contribution in [2.75, 3.05) is 4.23 Å². The molecule has 158 valence electrons. The summed E-state index contributed by atoms with van der Waals surface area (Å²) in [5, 5.41) is 1.65. The minimum absolute atomic E-state index is 0.824. The maximum Gasteiger partial charge on any atom is 0.200 e. The molecule has 0 saturated carbocycles. The Balaban J connectivity index is 2.39. The van der Waals surface area contributed by atoms with Gasteiger partial charge in [0, 0.05) is 0 Å². The van der Waals surface area contributed by atoms with Gasteiger partial charge in [0.15, 0.2) is 39.7 Å². The van der Waals surface area contributed by atoms with Crippen molar-refractivity contribution in [1.82, 2.24) is 0 Å². The van der Waals surface area contributed by atoms with Gasteiger partial charge in [-0.05, 0) is 36.6 Å². The van der Waals surface area contributed by atoms with Crippen molar-refractivity contribution >= 4 is 32.5 Å². The maximum absolute atomic E-state index is 15.0. The molecule has 0 N–H and O–H groups in total. The zero-order chi connectivity index (χ0) is 22.3. The van der Waals surface area contributed by atoms with Crippen LogP contribution < -0.4 is 14.6 Å². The van der Waals surface area contributed by atoms with Crippen LogP contribution in [0.3, 0.4) is 0 Å². The molecule has 0 fully saturated rings. The monoisotopic (exact) mass is 451 g/mol. The third-order valence-corrected chi connectivity index (χ3v) is 15.0. The van der Waals surface area contributed by atoms with Crippen LogP contribution in [0.2, 0.25) is 26.2 Å². The molecule has 0 bridgehead atoms. The zero-order valence-electron chi connectivity index (χ0n) is 17.1. The van der Waals surface area contributed by atoms with Crippen LogP contribution in [-0.2, 0) is 0 Å². The van der Waals surface area contributed by atoms with E-state index in [-0.39, 0.29) is 0 Å². The molecule has 0 radical (unpaired) electrons. The first-order chi connectivity index (χ1) is 14.0. The molecule has 3 aromatic rings. The summed E-state index contributed by atoms with van der Waals surface area (Å²) in [5.74, 6) is -9.58. The van der Waals surface area contributed by atoms with Gasteiger partial charge in [-0.25, -0.2) is 22.0 Å². The number of anilines is 1. The minimum atomic E-state index is -2.93. The molecule has 0 aromatic heterocycles. The molecule has 0 amide bonds. The highest BCUT2D eigenvalue weighted by Gasteiger charge is 2.47. The SMILES string of the molecule is C[Si](C)(c1ccccc1)N(c1c(F)c(F)c(F)c(F)c1F)[Si](C)(C)c1ccccc1. The summed E-state index contributed by atoms with van der Waals surface area (Å²) in [5.41, 5.74) is -0.840. The van der Waals surface area contributed by atoms with Crippen molar-refractivity contribution in [3.8, 4) is 0 Å². The van der Waals surface area contributed by atoms with Crippen LogP contribution in [0.25, 0.3) is 0 Å². The lowest BCUT2D eigenvalue weighted by Crippen LogP contribution is -2.72. The summed E-state index contributed by atoms with van der Waals surface area (Å²) in [6.07, 6.45) is 0. The maximum atomic E-state index is 15.0. The van der Waals surface area contributed by atoms with E-state index < -0.39 is 51.2 Å². The van der Waals surface area contributed by atoms with Crippen LogP contribution in [0.1, 0.15) is 0 Å². The summed E-state index contributed by atoms with van der Waals surface area (Å²) >= 11 is 0. The molecule has 8 heteroatoms. The van der Waals surface area contributed by atoms with Gasteiger partial charge in [-0.3, -0.25) is 0 Å². The van der Waals surface area contributed by atoms with Gasteiger partial charge in [0.25, 0.3) is 0 Å². The van der Waals surface area contributed by atoms with E-state index in [1.54, 1.807) is 28.5 Å². The van der Waals surface area contributed by atoms with Gasteiger partial charge < -0.3 is 4.23 Å². The van der Waals surface area contributed by atoms with Gasteiger partial charge in [0.05, 0.1) is 0 Å². The average Bonchev–Trinajstić information content (AvgIpc) is 2.74. The van der Waals surface area contributed by atoms with E-state index in [9.17, 15) is 13.2 Å². The molecule has 0 atom stereocenters. The highest BCUT2D eigenvalue weighted by molar-refractivity contribution is 7.10. The van der Waals surface area contributed by atoms with E-state index in [1.807, 2.05) is 62.6 Å². The normalized spacial score (nSPS) is 12.2. The fourth-order valence-corrected chi connectivity index (χ4v) is 14.4. The number of rotatable bonds is 5. The first-order valence-corrected chi connectivity index (χ1v) is 15.3. The fourth-order valence-electron chi connectivity index (χ4n) is 4.00. The summed E-state index contributed by atoms with van der Waals surface area (Å²) in [4.78, 5) is 0. The Morgan fingerprint density at radius 3 is 1.13 bits per heavy atom. The van der Waals surface area contributed by atoms with E-state index in [0.717, 1.165) is 10.4 Å². The third kappa shape index (κ3) is 3.58. The smallest absolute Gasteiger partial charge is 0.200 e. The number of hydrogen-bond donors (Lipinski definition) is 0. The van der Waals surface area contributed by atoms with Gasteiger partial charge in [-0.15, -0.1) is 0 Å². The highest BCUT2D eigenvalue weighted by atomic mass is 28.4. The number of benzene rings is 3. The van der Waals surface area contributed by atoms with Crippen LogP contribution in [0.15, 0.2) is 60.7 Å². The number of hydrogen-bond acceptors (Lipinski definition) is 1. The topological polar surface area (TPSA) is 3.24 Å². The Morgan fingerprint density at radius 2 is 0.800 bits per heavy atom. The molecule has 0 aliphatic rings. The number of halogens is 5. The molecule has 3 rings (SSSR count). The quantitative estimate of drug-likeness (QED) is 0.217. The lowest BCUT2D eigenvalue weighted by atomic mass is 10.2. The average molecular weight is 452 g/mol. The first kappa shape index (κ1) is 22.2. The summed E-state index contributed by atoms with van der Waals surface area (Å²) in [6.45, 7) is 7.44. The minimum Gasteiger partial charge on any atom is -0.412 e.